The van der Waals surface area contributed by atoms with Crippen LogP contribution in [0.5, 0.6) is 5.75 Å². The van der Waals surface area contributed by atoms with Crippen molar-refractivity contribution in [3.8, 4) is 5.75 Å². The van der Waals surface area contributed by atoms with E-state index in [1.54, 1.807) is 48.5 Å². The molecule has 0 aliphatic heterocycles. The second kappa shape index (κ2) is 12.6. The number of aryl methyl sites for hydroxylation is 2. The topological polar surface area (TPSA) is 96.5 Å². The van der Waals surface area contributed by atoms with Gasteiger partial charge in [0.1, 0.15) is 5.75 Å². The minimum Gasteiger partial charge on any atom is -0.492 e. The third-order valence-electron chi connectivity index (χ3n) is 5.75. The lowest BCUT2D eigenvalue weighted by Gasteiger charge is -2.14. The third-order valence-corrected chi connectivity index (χ3v) is 7.35. The summed E-state index contributed by atoms with van der Waals surface area (Å²) in [5.41, 5.74) is 4.45. The average Bonchev–Trinajstić information content (AvgIpc) is 2.89. The van der Waals surface area contributed by atoms with Crippen molar-refractivity contribution >= 4 is 44.6 Å². The Hall–Kier alpha value is -4.21. The van der Waals surface area contributed by atoms with Gasteiger partial charge in [0.2, 0.25) is 0 Å². The molecule has 4 aromatic carbocycles. The van der Waals surface area contributed by atoms with Crippen LogP contribution in [0.15, 0.2) is 102 Å². The minimum atomic E-state index is -3.77. The lowest BCUT2D eigenvalue weighted by atomic mass is 10.1. The van der Waals surface area contributed by atoms with Gasteiger partial charge in [-0.3, -0.25) is 14.8 Å². The van der Waals surface area contributed by atoms with E-state index in [0.717, 1.165) is 16.7 Å². The summed E-state index contributed by atoms with van der Waals surface area (Å²) in [6, 6.07) is 28.5. The van der Waals surface area contributed by atoms with Gasteiger partial charge < -0.3 is 10.1 Å². The zero-order chi connectivity index (χ0) is 27.8. The van der Waals surface area contributed by atoms with Crippen LogP contribution < -0.4 is 20.1 Å². The van der Waals surface area contributed by atoms with Gasteiger partial charge in [-0.1, -0.05) is 48.5 Å². The van der Waals surface area contributed by atoms with Crippen LogP contribution in [0.1, 0.15) is 27.0 Å². The molecule has 0 atom stereocenters. The number of thiocarbonyl (C=S) groups is 1. The number of anilines is 2. The lowest BCUT2D eigenvalue weighted by molar-refractivity contribution is 0.0973. The van der Waals surface area contributed by atoms with E-state index in [1.807, 2.05) is 50.2 Å². The molecule has 0 radical (unpaired) electrons. The maximum absolute atomic E-state index is 12.9. The Labute approximate surface area is 234 Å². The first-order valence-corrected chi connectivity index (χ1v) is 14.2. The molecular weight excluding hydrogens is 530 g/mol. The molecule has 9 heteroatoms. The van der Waals surface area contributed by atoms with E-state index in [9.17, 15) is 13.2 Å². The van der Waals surface area contributed by atoms with E-state index >= 15 is 0 Å². The molecule has 7 nitrogen and oxygen atoms in total. The summed E-state index contributed by atoms with van der Waals surface area (Å²) in [4.78, 5) is 13.0. The molecule has 0 unspecified atom stereocenters. The summed E-state index contributed by atoms with van der Waals surface area (Å²) < 4.78 is 34.1. The molecule has 0 fully saturated rings. The van der Waals surface area contributed by atoms with Gasteiger partial charge in [0.05, 0.1) is 17.1 Å². The van der Waals surface area contributed by atoms with Crippen LogP contribution in [0.25, 0.3) is 0 Å². The first-order valence-electron chi connectivity index (χ1n) is 12.3. The van der Waals surface area contributed by atoms with E-state index in [4.69, 9.17) is 17.0 Å². The number of ether oxygens (including phenoxy) is 1. The van der Waals surface area contributed by atoms with Crippen LogP contribution in [0.3, 0.4) is 0 Å². The van der Waals surface area contributed by atoms with Crippen molar-refractivity contribution in [1.29, 1.82) is 0 Å². The molecule has 200 valence electrons. The molecule has 1 amide bonds. The summed E-state index contributed by atoms with van der Waals surface area (Å²) in [6.45, 7) is 4.24. The van der Waals surface area contributed by atoms with Crippen LogP contribution >= 0.6 is 12.2 Å². The minimum absolute atomic E-state index is 0.0723. The number of sulfonamides is 1. The smallest absolute Gasteiger partial charge is 0.261 e. The van der Waals surface area contributed by atoms with Gasteiger partial charge >= 0.3 is 0 Å². The number of rotatable bonds is 9. The zero-order valence-corrected chi connectivity index (χ0v) is 23.2. The number of carbonyl (C=O) groups is 1. The quantitative estimate of drug-likeness (QED) is 0.223. The Kier molecular flexibility index (Phi) is 8.96. The fourth-order valence-corrected chi connectivity index (χ4v) is 5.25. The normalized spacial score (nSPS) is 10.9. The molecule has 4 aromatic rings. The van der Waals surface area contributed by atoms with Crippen molar-refractivity contribution in [3.63, 3.8) is 0 Å². The summed E-state index contributed by atoms with van der Waals surface area (Å²) in [6.07, 6.45) is 0.711. The van der Waals surface area contributed by atoms with E-state index in [1.165, 1.54) is 12.1 Å². The van der Waals surface area contributed by atoms with E-state index < -0.39 is 15.9 Å². The molecule has 0 aliphatic rings. The van der Waals surface area contributed by atoms with Crippen LogP contribution in [0, 0.1) is 13.8 Å². The number of carbonyl (C=O) groups excluding carboxylic acids is 1. The molecule has 0 saturated heterocycles. The first kappa shape index (κ1) is 27.8. The highest BCUT2D eigenvalue weighted by atomic mass is 32.2. The van der Waals surface area contributed by atoms with Gasteiger partial charge in [-0.2, -0.15) is 0 Å². The summed E-state index contributed by atoms with van der Waals surface area (Å²) in [5, 5.41) is 5.64. The highest BCUT2D eigenvalue weighted by molar-refractivity contribution is 7.92. The highest BCUT2D eigenvalue weighted by Crippen LogP contribution is 2.21. The van der Waals surface area contributed by atoms with Crippen LogP contribution in [0.4, 0.5) is 11.4 Å². The Morgan fingerprint density at radius 3 is 2.15 bits per heavy atom. The summed E-state index contributed by atoms with van der Waals surface area (Å²) >= 11 is 5.31. The maximum atomic E-state index is 12.9. The Balaban J connectivity index is 1.34. The molecule has 0 saturated carbocycles. The van der Waals surface area contributed by atoms with Crippen molar-refractivity contribution in [2.45, 2.75) is 25.2 Å². The second-order valence-corrected chi connectivity index (χ2v) is 11.1. The number of benzene rings is 4. The second-order valence-electron chi connectivity index (χ2n) is 8.99. The first-order chi connectivity index (χ1) is 18.7. The standard InChI is InChI=1S/C30H29N3O4S2/c1-21-18-22(2)20-25(19-21)33-39(35,36)26-14-12-24(13-15-26)31-30(38)32-29(34)27-10-6-7-11-28(27)37-17-16-23-8-4-3-5-9-23/h3-15,18-20,33H,16-17H2,1-2H3,(H2,31,32,34,38). The van der Waals surface area contributed by atoms with Gasteiger partial charge in [0, 0.05) is 17.8 Å². The van der Waals surface area contributed by atoms with Crippen molar-refractivity contribution in [1.82, 2.24) is 5.32 Å². The summed E-state index contributed by atoms with van der Waals surface area (Å²) in [5.74, 6) is 0.0410. The van der Waals surface area contributed by atoms with Crippen molar-refractivity contribution in [2.75, 3.05) is 16.6 Å². The number of nitrogens with one attached hydrogen (secondary N) is 3. The van der Waals surface area contributed by atoms with E-state index in [0.29, 0.717) is 35.7 Å². The monoisotopic (exact) mass is 559 g/mol. The molecule has 0 heterocycles. The predicted octanol–water partition coefficient (Wildman–Crippen LogP) is 5.85. The fourth-order valence-electron chi connectivity index (χ4n) is 4.00. The Bertz CT molecular complexity index is 1550. The molecule has 3 N–H and O–H groups in total. The lowest BCUT2D eigenvalue weighted by Crippen LogP contribution is -2.34. The maximum Gasteiger partial charge on any atom is 0.261 e. The van der Waals surface area contributed by atoms with Gasteiger partial charge in [-0.25, -0.2) is 8.42 Å². The fraction of sp³-hybridized carbons (Fsp3) is 0.133. The third kappa shape index (κ3) is 7.89. The average molecular weight is 560 g/mol. The van der Waals surface area contributed by atoms with Crippen LogP contribution in [0.2, 0.25) is 0 Å². The molecule has 4 rings (SSSR count). The number of para-hydroxylation sites is 1. The molecule has 39 heavy (non-hydrogen) atoms. The highest BCUT2D eigenvalue weighted by Gasteiger charge is 2.16. The van der Waals surface area contributed by atoms with Gasteiger partial charge in [-0.05, 0) is 91.3 Å². The van der Waals surface area contributed by atoms with Gasteiger partial charge in [-0.15, -0.1) is 0 Å². The molecule has 0 spiro atoms. The number of hydrogen-bond acceptors (Lipinski definition) is 5. The summed E-state index contributed by atoms with van der Waals surface area (Å²) in [7, 11) is -3.77. The van der Waals surface area contributed by atoms with Gasteiger partial charge in [0.25, 0.3) is 15.9 Å². The van der Waals surface area contributed by atoms with Gasteiger partial charge in [0.15, 0.2) is 5.11 Å². The van der Waals surface area contributed by atoms with Crippen molar-refractivity contribution in [2.24, 2.45) is 0 Å². The largest absolute Gasteiger partial charge is 0.492 e. The van der Waals surface area contributed by atoms with Crippen molar-refractivity contribution < 1.29 is 17.9 Å². The number of hydrogen-bond donors (Lipinski definition) is 3. The molecule has 0 aromatic heterocycles. The van der Waals surface area contributed by atoms with Crippen LogP contribution in [-0.2, 0) is 16.4 Å². The zero-order valence-electron chi connectivity index (χ0n) is 21.6. The Morgan fingerprint density at radius 1 is 0.821 bits per heavy atom. The Morgan fingerprint density at radius 2 is 1.46 bits per heavy atom. The SMILES string of the molecule is Cc1cc(C)cc(NS(=O)(=O)c2ccc(NC(=S)NC(=O)c3ccccc3OCCc3ccccc3)cc2)c1. The predicted molar refractivity (Wildman–Crippen MR) is 159 cm³/mol. The van der Waals surface area contributed by atoms with E-state index in [-0.39, 0.29) is 10.0 Å². The van der Waals surface area contributed by atoms with Crippen molar-refractivity contribution in [3.05, 3.63) is 119 Å². The van der Waals surface area contributed by atoms with Crippen LogP contribution in [-0.4, -0.2) is 26.0 Å². The molecule has 0 aliphatic carbocycles. The van der Waals surface area contributed by atoms with E-state index in [2.05, 4.69) is 15.4 Å². The number of amides is 1. The molecule has 0 bridgehead atoms. The molecular formula is C30H29N3O4S2.